The second-order valence-electron chi connectivity index (χ2n) is 7.87. The van der Waals surface area contributed by atoms with E-state index in [4.69, 9.17) is 9.47 Å². The Hall–Kier alpha value is -2.74. The van der Waals surface area contributed by atoms with Crippen molar-refractivity contribution in [3.05, 3.63) is 53.1 Å². The highest BCUT2D eigenvalue weighted by Crippen LogP contribution is 2.32. The summed E-state index contributed by atoms with van der Waals surface area (Å²) >= 11 is 0. The van der Waals surface area contributed by atoms with Crippen molar-refractivity contribution in [1.82, 2.24) is 5.32 Å². The molecule has 0 heterocycles. The lowest BCUT2D eigenvalue weighted by molar-refractivity contribution is -0.120. The molecular formula is C23H32N2O5S. The number of carbonyl (C=O) groups is 1. The molecule has 1 N–H and O–H groups in total. The first-order chi connectivity index (χ1) is 14.5. The second-order valence-corrected chi connectivity index (χ2v) is 9.77. The summed E-state index contributed by atoms with van der Waals surface area (Å²) in [5, 5.41) is 2.92. The van der Waals surface area contributed by atoms with E-state index in [0.29, 0.717) is 11.4 Å². The molecule has 0 unspecified atom stereocenters. The van der Waals surface area contributed by atoms with Crippen molar-refractivity contribution >= 4 is 21.6 Å². The Bertz CT molecular complexity index is 1030. The van der Waals surface area contributed by atoms with Crippen molar-refractivity contribution in [2.75, 3.05) is 31.3 Å². The van der Waals surface area contributed by atoms with Crippen molar-refractivity contribution in [1.29, 1.82) is 0 Å². The minimum Gasteiger partial charge on any atom is -0.497 e. The van der Waals surface area contributed by atoms with Gasteiger partial charge in [0.2, 0.25) is 15.9 Å². The summed E-state index contributed by atoms with van der Waals surface area (Å²) < 4.78 is 36.4. The molecule has 0 aromatic heterocycles. The summed E-state index contributed by atoms with van der Waals surface area (Å²) in [7, 11) is -0.530. The van der Waals surface area contributed by atoms with Crippen molar-refractivity contribution in [2.45, 2.75) is 39.7 Å². The molecule has 170 valence electrons. The Labute approximate surface area is 185 Å². The molecule has 0 aliphatic heterocycles. The lowest BCUT2D eigenvalue weighted by Gasteiger charge is -2.25. The zero-order valence-corrected chi connectivity index (χ0v) is 20.0. The number of ether oxygens (including phenoxy) is 2. The van der Waals surface area contributed by atoms with Crippen molar-refractivity contribution in [3.8, 4) is 11.5 Å². The number of nitrogens with zero attached hydrogens (tertiary/aromatic N) is 1. The van der Waals surface area contributed by atoms with Crippen LogP contribution in [-0.2, 0) is 14.8 Å². The summed E-state index contributed by atoms with van der Waals surface area (Å²) in [5.41, 5.74) is 3.37. The summed E-state index contributed by atoms with van der Waals surface area (Å²) in [6.07, 6.45) is 1.08. The molecule has 0 saturated heterocycles. The van der Waals surface area contributed by atoms with Gasteiger partial charge in [-0.3, -0.25) is 9.10 Å². The summed E-state index contributed by atoms with van der Waals surface area (Å²) in [4.78, 5) is 12.8. The zero-order chi connectivity index (χ0) is 23.3. The number of rotatable bonds is 9. The van der Waals surface area contributed by atoms with Gasteiger partial charge in [0.25, 0.3) is 0 Å². The monoisotopic (exact) mass is 448 g/mol. The van der Waals surface area contributed by atoms with Crippen LogP contribution in [-0.4, -0.2) is 41.3 Å². The fraction of sp³-hybridized carbons (Fsp3) is 0.435. The topological polar surface area (TPSA) is 84.9 Å². The molecule has 31 heavy (non-hydrogen) atoms. The Morgan fingerprint density at radius 3 is 2.29 bits per heavy atom. The van der Waals surface area contributed by atoms with Gasteiger partial charge in [-0.15, -0.1) is 0 Å². The van der Waals surface area contributed by atoms with Gasteiger partial charge in [-0.2, -0.15) is 0 Å². The first-order valence-electron chi connectivity index (χ1n) is 10.1. The van der Waals surface area contributed by atoms with Crippen LogP contribution in [0.3, 0.4) is 0 Å². The van der Waals surface area contributed by atoms with Gasteiger partial charge >= 0.3 is 0 Å². The van der Waals surface area contributed by atoms with Crippen LogP contribution in [0.4, 0.5) is 5.69 Å². The van der Waals surface area contributed by atoms with Gasteiger partial charge < -0.3 is 14.8 Å². The predicted octanol–water partition coefficient (Wildman–Crippen LogP) is 3.78. The van der Waals surface area contributed by atoms with Crippen LogP contribution < -0.4 is 19.1 Å². The van der Waals surface area contributed by atoms with E-state index in [0.717, 1.165) is 33.0 Å². The van der Waals surface area contributed by atoms with Crippen LogP contribution in [0.25, 0.3) is 0 Å². The Kier molecular flexibility index (Phi) is 7.95. The maximum atomic E-state index is 12.8. The number of hydrogen-bond acceptors (Lipinski definition) is 5. The number of sulfonamides is 1. The molecule has 1 amide bonds. The highest BCUT2D eigenvalue weighted by molar-refractivity contribution is 7.92. The quantitative estimate of drug-likeness (QED) is 0.631. The van der Waals surface area contributed by atoms with Gasteiger partial charge in [0.05, 0.1) is 32.2 Å². The van der Waals surface area contributed by atoms with E-state index in [-0.39, 0.29) is 18.5 Å². The molecule has 7 nitrogen and oxygen atoms in total. The lowest BCUT2D eigenvalue weighted by atomic mass is 9.93. The average molecular weight is 449 g/mol. The van der Waals surface area contributed by atoms with Crippen LogP contribution in [0.5, 0.6) is 11.5 Å². The summed E-state index contributed by atoms with van der Waals surface area (Å²) in [6.45, 7) is 7.68. The van der Waals surface area contributed by atoms with E-state index in [1.807, 2.05) is 26.0 Å². The standard InChI is InChI=1S/C23H32N2O5S/c1-15(2)20-13-21(16(3)11-22(20)30-6)17(4)24-23(26)14-25(31(7,27)28)18-9-8-10-19(12-18)29-5/h8-13,15,17H,14H2,1-7H3,(H,24,26)/t17-/m0/s1. The third kappa shape index (κ3) is 6.13. The van der Waals surface area contributed by atoms with E-state index in [1.165, 1.54) is 7.11 Å². The van der Waals surface area contributed by atoms with Gasteiger partial charge in [0.1, 0.15) is 18.0 Å². The average Bonchev–Trinajstić information content (AvgIpc) is 2.70. The fourth-order valence-corrected chi connectivity index (χ4v) is 4.32. The molecule has 0 fully saturated rings. The van der Waals surface area contributed by atoms with E-state index in [1.54, 1.807) is 31.4 Å². The molecular weight excluding hydrogens is 416 g/mol. The van der Waals surface area contributed by atoms with Gasteiger partial charge in [-0.25, -0.2) is 8.42 Å². The van der Waals surface area contributed by atoms with E-state index < -0.39 is 15.9 Å². The lowest BCUT2D eigenvalue weighted by Crippen LogP contribution is -2.41. The number of nitrogens with one attached hydrogen (secondary N) is 1. The molecule has 1 atom stereocenters. The van der Waals surface area contributed by atoms with E-state index in [9.17, 15) is 13.2 Å². The first kappa shape index (κ1) is 24.5. The molecule has 0 bridgehead atoms. The molecule has 0 aliphatic rings. The SMILES string of the molecule is COc1cccc(N(CC(=O)N[C@@H](C)c2cc(C(C)C)c(OC)cc2C)S(C)(=O)=O)c1. The van der Waals surface area contributed by atoms with Gasteiger partial charge in [0.15, 0.2) is 0 Å². The van der Waals surface area contributed by atoms with Crippen LogP contribution >= 0.6 is 0 Å². The van der Waals surface area contributed by atoms with Crippen LogP contribution in [0, 0.1) is 6.92 Å². The van der Waals surface area contributed by atoms with Gasteiger partial charge in [-0.1, -0.05) is 19.9 Å². The maximum Gasteiger partial charge on any atom is 0.241 e. The molecule has 0 radical (unpaired) electrons. The Morgan fingerprint density at radius 2 is 1.74 bits per heavy atom. The Balaban J connectivity index is 2.26. The first-order valence-corrected chi connectivity index (χ1v) is 11.9. The fourth-order valence-electron chi connectivity index (χ4n) is 3.47. The number of amides is 1. The number of aryl methyl sites for hydroxylation is 1. The molecule has 0 saturated carbocycles. The second kappa shape index (κ2) is 10.0. The number of anilines is 1. The molecule has 2 aromatic rings. The van der Waals surface area contributed by atoms with Gasteiger partial charge in [0, 0.05) is 6.07 Å². The Morgan fingerprint density at radius 1 is 1.06 bits per heavy atom. The van der Waals surface area contributed by atoms with Crippen LogP contribution in [0.15, 0.2) is 36.4 Å². The third-order valence-electron chi connectivity index (χ3n) is 5.11. The van der Waals surface area contributed by atoms with Gasteiger partial charge in [-0.05, 0) is 60.7 Å². The summed E-state index contributed by atoms with van der Waals surface area (Å²) in [6, 6.07) is 10.3. The number of hydrogen-bond donors (Lipinski definition) is 1. The van der Waals surface area contributed by atoms with Crippen molar-refractivity contribution < 1.29 is 22.7 Å². The summed E-state index contributed by atoms with van der Waals surface area (Å²) in [5.74, 6) is 1.18. The van der Waals surface area contributed by atoms with Crippen LogP contribution in [0.2, 0.25) is 0 Å². The maximum absolute atomic E-state index is 12.8. The van der Waals surface area contributed by atoms with Crippen molar-refractivity contribution in [3.63, 3.8) is 0 Å². The molecule has 2 rings (SSSR count). The number of benzene rings is 2. The smallest absolute Gasteiger partial charge is 0.241 e. The zero-order valence-electron chi connectivity index (χ0n) is 19.2. The predicted molar refractivity (Wildman–Crippen MR) is 124 cm³/mol. The molecule has 8 heteroatoms. The van der Waals surface area contributed by atoms with E-state index in [2.05, 4.69) is 19.2 Å². The minimum atomic E-state index is -3.67. The number of carbonyl (C=O) groups excluding carboxylic acids is 1. The van der Waals surface area contributed by atoms with Crippen molar-refractivity contribution in [2.24, 2.45) is 0 Å². The minimum absolute atomic E-state index is 0.256. The molecule has 0 spiro atoms. The number of methoxy groups -OCH3 is 2. The molecule has 2 aromatic carbocycles. The normalized spacial score (nSPS) is 12.4. The molecule has 0 aliphatic carbocycles. The third-order valence-corrected chi connectivity index (χ3v) is 6.25. The highest BCUT2D eigenvalue weighted by Gasteiger charge is 2.23. The largest absolute Gasteiger partial charge is 0.497 e. The van der Waals surface area contributed by atoms with E-state index >= 15 is 0 Å². The van der Waals surface area contributed by atoms with Crippen LogP contribution in [0.1, 0.15) is 49.4 Å². The highest BCUT2D eigenvalue weighted by atomic mass is 32.2.